The molecule has 2 aliphatic carbocycles. The number of hydrogen-bond acceptors (Lipinski definition) is 6. The van der Waals surface area contributed by atoms with Crippen LogP contribution in [0.3, 0.4) is 0 Å². The maximum absolute atomic E-state index is 10.5. The summed E-state index contributed by atoms with van der Waals surface area (Å²) in [7, 11) is 1.61. The second-order valence-corrected chi connectivity index (χ2v) is 7.68. The molecular formula is C24H26O6. The molecule has 0 bridgehead atoms. The molecule has 0 amide bonds. The van der Waals surface area contributed by atoms with Crippen molar-refractivity contribution in [3.63, 3.8) is 0 Å². The van der Waals surface area contributed by atoms with Crippen molar-refractivity contribution in [2.75, 3.05) is 13.7 Å². The summed E-state index contributed by atoms with van der Waals surface area (Å²) in [6, 6.07) is 19.9. The number of aliphatic hydroxyl groups excluding tert-OH is 4. The van der Waals surface area contributed by atoms with Gasteiger partial charge in [0.2, 0.25) is 0 Å². The molecule has 5 atom stereocenters. The summed E-state index contributed by atoms with van der Waals surface area (Å²) < 4.78 is 11.2. The summed E-state index contributed by atoms with van der Waals surface area (Å²) >= 11 is 0. The van der Waals surface area contributed by atoms with Gasteiger partial charge >= 0.3 is 0 Å². The molecule has 158 valence electrons. The lowest BCUT2D eigenvalue weighted by Gasteiger charge is -2.40. The Morgan fingerprint density at radius 3 is 2.20 bits per heavy atom. The van der Waals surface area contributed by atoms with Crippen molar-refractivity contribution in [3.05, 3.63) is 77.4 Å². The van der Waals surface area contributed by atoms with E-state index < -0.39 is 37.1 Å². The van der Waals surface area contributed by atoms with Crippen LogP contribution in [0, 0.1) is 0 Å². The topological polar surface area (TPSA) is 99.4 Å². The molecule has 1 aromatic carbocycles. The lowest BCUT2D eigenvalue weighted by Crippen LogP contribution is -2.55. The summed E-state index contributed by atoms with van der Waals surface area (Å²) in [5.41, 5.74) is 4.98. The lowest BCUT2D eigenvalue weighted by molar-refractivity contribution is -0.231. The molecular weight excluding hydrogens is 384 g/mol. The Morgan fingerprint density at radius 2 is 1.57 bits per heavy atom. The van der Waals surface area contributed by atoms with Gasteiger partial charge in [-0.3, -0.25) is 0 Å². The van der Waals surface area contributed by atoms with Gasteiger partial charge in [-0.25, -0.2) is 0 Å². The Bertz CT molecular complexity index is 941. The minimum Gasteiger partial charge on any atom is -0.496 e. The molecule has 0 unspecified atom stereocenters. The minimum absolute atomic E-state index is 0.456. The highest BCUT2D eigenvalue weighted by Crippen LogP contribution is 2.35. The van der Waals surface area contributed by atoms with Crippen molar-refractivity contribution < 1.29 is 29.9 Å². The van der Waals surface area contributed by atoms with Crippen LogP contribution >= 0.6 is 0 Å². The van der Waals surface area contributed by atoms with E-state index >= 15 is 0 Å². The first-order chi connectivity index (χ1) is 14.5. The van der Waals surface area contributed by atoms with Crippen LogP contribution in [0.5, 0.6) is 5.75 Å². The molecule has 0 aromatic heterocycles. The molecule has 0 spiro atoms. The average molecular weight is 410 g/mol. The Balaban J connectivity index is 1.66. The normalized spacial score (nSPS) is 26.6. The standard InChI is InChI=1S/C24H26O6/c1-29-19-8-7-17(24-23(28)22(27)21(26)20(13-25)30-24)12-18(19)11-14-9-15-5-3-2-4-6-16(15)10-14/h2-10,12,20-28H,11,13H2,1H3/t20-,21-,22+,23-,24+/m1/s1. The molecule has 1 saturated heterocycles. The third kappa shape index (κ3) is 3.93. The van der Waals surface area contributed by atoms with Gasteiger partial charge < -0.3 is 29.9 Å². The van der Waals surface area contributed by atoms with Crippen LogP contribution < -0.4 is 4.74 Å². The van der Waals surface area contributed by atoms with Crippen molar-refractivity contribution in [3.8, 4) is 16.9 Å². The number of methoxy groups -OCH3 is 1. The fraction of sp³-hybridized carbons (Fsp3) is 0.333. The number of aliphatic hydroxyl groups is 4. The zero-order chi connectivity index (χ0) is 21.3. The number of benzene rings is 1. The molecule has 1 fully saturated rings. The van der Waals surface area contributed by atoms with E-state index in [1.807, 2.05) is 24.3 Å². The number of rotatable bonds is 5. The van der Waals surface area contributed by atoms with E-state index in [1.165, 1.54) is 0 Å². The van der Waals surface area contributed by atoms with Crippen LogP contribution in [0.25, 0.3) is 11.1 Å². The van der Waals surface area contributed by atoms with Crippen LogP contribution in [0.4, 0.5) is 0 Å². The predicted octanol–water partition coefficient (Wildman–Crippen LogP) is 1.91. The molecule has 1 heterocycles. The van der Waals surface area contributed by atoms with E-state index in [4.69, 9.17) is 9.47 Å². The van der Waals surface area contributed by atoms with Crippen LogP contribution in [-0.4, -0.2) is 58.6 Å². The molecule has 0 saturated carbocycles. The summed E-state index contributed by atoms with van der Waals surface area (Å²) in [6.07, 6.45) is -5.30. The molecule has 6 heteroatoms. The zero-order valence-electron chi connectivity index (χ0n) is 16.7. The van der Waals surface area contributed by atoms with Gasteiger partial charge in [-0.1, -0.05) is 48.5 Å². The molecule has 4 rings (SSSR count). The van der Waals surface area contributed by atoms with Crippen LogP contribution in [0.2, 0.25) is 0 Å². The molecule has 1 aromatic rings. The predicted molar refractivity (Wildman–Crippen MR) is 112 cm³/mol. The maximum atomic E-state index is 10.5. The second kappa shape index (κ2) is 8.71. The molecule has 6 nitrogen and oxygen atoms in total. The van der Waals surface area contributed by atoms with Gasteiger partial charge in [0.1, 0.15) is 36.3 Å². The SMILES string of the molecule is COc1ccc([C@@H]2O[C@H](CO)[C@@H](O)[C@H](O)[C@H]2O)cc1Cc1cc2cccccc-2c1. The molecule has 3 aliphatic rings. The third-order valence-corrected chi connectivity index (χ3v) is 5.71. The summed E-state index contributed by atoms with van der Waals surface area (Å²) in [5.74, 6) is 0.708. The van der Waals surface area contributed by atoms with E-state index in [0.29, 0.717) is 17.7 Å². The third-order valence-electron chi connectivity index (χ3n) is 5.71. The van der Waals surface area contributed by atoms with E-state index in [9.17, 15) is 20.4 Å². The fourth-order valence-corrected chi connectivity index (χ4v) is 4.09. The Morgan fingerprint density at radius 1 is 0.867 bits per heavy atom. The second-order valence-electron chi connectivity index (χ2n) is 7.68. The lowest BCUT2D eigenvalue weighted by atomic mass is 9.90. The largest absolute Gasteiger partial charge is 0.496 e. The first kappa shape index (κ1) is 20.8. The van der Waals surface area contributed by atoms with Crippen molar-refractivity contribution in [1.82, 2.24) is 0 Å². The Kier molecular flexibility index (Phi) is 6.04. The van der Waals surface area contributed by atoms with E-state index in [1.54, 1.807) is 19.2 Å². The Hall–Kier alpha value is -2.48. The fourth-order valence-electron chi connectivity index (χ4n) is 4.09. The van der Waals surface area contributed by atoms with Crippen LogP contribution in [0.1, 0.15) is 22.8 Å². The van der Waals surface area contributed by atoms with E-state index in [2.05, 4.69) is 24.3 Å². The highest BCUT2D eigenvalue weighted by Gasteiger charge is 2.44. The van der Waals surface area contributed by atoms with Crippen LogP contribution in [0.15, 0.2) is 60.7 Å². The number of ether oxygens (including phenoxy) is 2. The van der Waals surface area contributed by atoms with Gasteiger partial charge in [-0.05, 0) is 39.9 Å². The quantitative estimate of drug-likeness (QED) is 0.513. The highest BCUT2D eigenvalue weighted by atomic mass is 16.5. The van der Waals surface area contributed by atoms with Crippen molar-refractivity contribution in [2.24, 2.45) is 0 Å². The minimum atomic E-state index is -1.41. The summed E-state index contributed by atoms with van der Waals surface area (Å²) in [4.78, 5) is 0. The zero-order valence-corrected chi connectivity index (χ0v) is 16.7. The first-order valence-electron chi connectivity index (χ1n) is 9.97. The highest BCUT2D eigenvalue weighted by molar-refractivity contribution is 5.68. The van der Waals surface area contributed by atoms with Gasteiger partial charge in [-0.15, -0.1) is 0 Å². The molecule has 30 heavy (non-hydrogen) atoms. The van der Waals surface area contributed by atoms with Crippen molar-refractivity contribution in [1.29, 1.82) is 0 Å². The summed E-state index contributed by atoms with van der Waals surface area (Å²) in [6.45, 7) is -0.456. The number of fused-ring (bicyclic) bond motifs is 1. The number of hydrogen-bond donors (Lipinski definition) is 4. The van der Waals surface area contributed by atoms with Gasteiger partial charge in [0, 0.05) is 6.42 Å². The van der Waals surface area contributed by atoms with Gasteiger partial charge in [0.15, 0.2) is 0 Å². The van der Waals surface area contributed by atoms with E-state index in [0.717, 1.165) is 22.3 Å². The average Bonchev–Trinajstić information content (AvgIpc) is 3.00. The maximum Gasteiger partial charge on any atom is 0.122 e. The van der Waals surface area contributed by atoms with Gasteiger partial charge in [0.25, 0.3) is 0 Å². The molecule has 1 aliphatic heterocycles. The van der Waals surface area contributed by atoms with Gasteiger partial charge in [0.05, 0.1) is 13.7 Å². The molecule has 4 N–H and O–H groups in total. The molecule has 0 radical (unpaired) electrons. The van der Waals surface area contributed by atoms with Crippen molar-refractivity contribution >= 4 is 0 Å². The smallest absolute Gasteiger partial charge is 0.122 e. The first-order valence-corrected chi connectivity index (χ1v) is 9.97. The monoisotopic (exact) mass is 410 g/mol. The van der Waals surface area contributed by atoms with Crippen LogP contribution in [-0.2, 0) is 11.2 Å². The van der Waals surface area contributed by atoms with Gasteiger partial charge in [-0.2, -0.15) is 0 Å². The Labute approximate surface area is 175 Å². The van der Waals surface area contributed by atoms with Crippen molar-refractivity contribution in [2.45, 2.75) is 36.9 Å². The van der Waals surface area contributed by atoms with E-state index in [-0.39, 0.29) is 0 Å². The summed E-state index contributed by atoms with van der Waals surface area (Å²) in [5, 5.41) is 40.0.